The molecule has 1 aromatic rings. The molecule has 4 atom stereocenters. The van der Waals surface area contributed by atoms with E-state index in [0.29, 0.717) is 5.69 Å². The van der Waals surface area contributed by atoms with Gasteiger partial charge in [0.25, 0.3) is 0 Å². The molecule has 0 spiro atoms. The zero-order valence-electron chi connectivity index (χ0n) is 20.8. The summed E-state index contributed by atoms with van der Waals surface area (Å²) in [5, 5.41) is 34.3. The maximum Gasteiger partial charge on any atom is 0.326 e. The van der Waals surface area contributed by atoms with Gasteiger partial charge in [-0.05, 0) is 19.3 Å². The van der Waals surface area contributed by atoms with Gasteiger partial charge in [-0.1, -0.05) is 0 Å². The Labute approximate surface area is 221 Å². The van der Waals surface area contributed by atoms with Gasteiger partial charge < -0.3 is 53.5 Å². The lowest BCUT2D eigenvalue weighted by molar-refractivity contribution is -0.142. The number of aliphatic imine (C=N–C) groups is 1. The van der Waals surface area contributed by atoms with E-state index in [-0.39, 0.29) is 31.8 Å². The number of imidazole rings is 1. The molecule has 4 unspecified atom stereocenters. The van der Waals surface area contributed by atoms with Gasteiger partial charge in [0.1, 0.15) is 18.1 Å². The topological polar surface area (TPSA) is 318 Å². The van der Waals surface area contributed by atoms with Crippen LogP contribution in [0.15, 0.2) is 17.5 Å². The summed E-state index contributed by atoms with van der Waals surface area (Å²) in [7, 11) is 0. The van der Waals surface area contributed by atoms with Gasteiger partial charge in [0, 0.05) is 31.3 Å². The second-order valence-electron chi connectivity index (χ2n) is 8.39. The van der Waals surface area contributed by atoms with E-state index in [9.17, 15) is 33.9 Å². The van der Waals surface area contributed by atoms with Gasteiger partial charge in [0.05, 0.1) is 18.8 Å². The summed E-state index contributed by atoms with van der Waals surface area (Å²) in [6, 6.07) is -5.76. The van der Waals surface area contributed by atoms with E-state index < -0.39 is 79.1 Å². The number of hydrogen-bond acceptors (Lipinski definition) is 9. The highest BCUT2D eigenvalue weighted by molar-refractivity contribution is 5.95. The van der Waals surface area contributed by atoms with Crippen LogP contribution in [0.3, 0.4) is 0 Å². The molecule has 1 aromatic heterocycles. The fourth-order valence-corrected chi connectivity index (χ4v) is 3.23. The van der Waals surface area contributed by atoms with Crippen molar-refractivity contribution in [3.63, 3.8) is 0 Å². The van der Waals surface area contributed by atoms with E-state index in [1.165, 1.54) is 12.5 Å². The van der Waals surface area contributed by atoms with Gasteiger partial charge in [0.15, 0.2) is 5.96 Å². The van der Waals surface area contributed by atoms with Gasteiger partial charge in [-0.25, -0.2) is 9.78 Å². The van der Waals surface area contributed by atoms with Crippen LogP contribution < -0.4 is 33.2 Å². The Morgan fingerprint density at radius 1 is 0.897 bits per heavy atom. The summed E-state index contributed by atoms with van der Waals surface area (Å²) >= 11 is 0. The minimum Gasteiger partial charge on any atom is -0.481 e. The van der Waals surface area contributed by atoms with Crippen molar-refractivity contribution in [1.82, 2.24) is 25.9 Å². The van der Waals surface area contributed by atoms with Crippen molar-refractivity contribution in [3.05, 3.63) is 18.2 Å². The van der Waals surface area contributed by atoms with E-state index in [2.05, 4.69) is 30.9 Å². The Morgan fingerprint density at radius 2 is 1.51 bits per heavy atom. The number of carboxylic acid groups (broad SMARTS) is 3. The molecule has 1 heterocycles. The zero-order chi connectivity index (χ0) is 29.5. The average molecular weight is 556 g/mol. The molecule has 3 amide bonds. The molecular formula is C21H33N9O9. The average Bonchev–Trinajstić information content (AvgIpc) is 3.35. The molecule has 13 N–H and O–H groups in total. The van der Waals surface area contributed by atoms with Gasteiger partial charge >= 0.3 is 17.9 Å². The number of carbonyl (C=O) groups excluding carboxylic acids is 3. The van der Waals surface area contributed by atoms with E-state index >= 15 is 0 Å². The first-order chi connectivity index (χ1) is 18.3. The molecule has 0 bridgehead atoms. The number of aliphatic carboxylic acids is 3. The Kier molecular flexibility index (Phi) is 13.4. The smallest absolute Gasteiger partial charge is 0.326 e. The van der Waals surface area contributed by atoms with Crippen LogP contribution in [0.4, 0.5) is 0 Å². The number of hydrogen-bond donors (Lipinski definition) is 10. The lowest BCUT2D eigenvalue weighted by atomic mass is 10.1. The number of nitrogens with zero attached hydrogens (tertiary/aromatic N) is 2. The summed E-state index contributed by atoms with van der Waals surface area (Å²) in [6.07, 6.45) is 0.975. The maximum atomic E-state index is 13.0. The van der Waals surface area contributed by atoms with Crippen LogP contribution in [0.1, 0.15) is 37.8 Å². The SMILES string of the molecule is NC(N)=NCCCC(NC(=O)C(Cc1cnc[nH]1)NC(=O)C(CCC(=O)O)NC(=O)C(N)CC(=O)O)C(=O)O. The van der Waals surface area contributed by atoms with Crippen molar-refractivity contribution in [2.75, 3.05) is 6.54 Å². The van der Waals surface area contributed by atoms with Crippen LogP contribution in [0.5, 0.6) is 0 Å². The predicted molar refractivity (Wildman–Crippen MR) is 133 cm³/mol. The molecule has 0 aromatic carbocycles. The first kappa shape index (κ1) is 32.3. The molecule has 18 heteroatoms. The third-order valence-electron chi connectivity index (χ3n) is 5.18. The molecule has 18 nitrogen and oxygen atoms in total. The van der Waals surface area contributed by atoms with E-state index in [0.717, 1.165) is 0 Å². The number of carbonyl (C=O) groups is 6. The van der Waals surface area contributed by atoms with Gasteiger partial charge in [-0.15, -0.1) is 0 Å². The molecule has 0 aliphatic heterocycles. The third kappa shape index (κ3) is 12.9. The Bertz CT molecular complexity index is 1040. The number of H-pyrrole nitrogens is 1. The first-order valence-electron chi connectivity index (χ1n) is 11.7. The van der Waals surface area contributed by atoms with Crippen molar-refractivity contribution >= 4 is 41.6 Å². The fraction of sp³-hybridized carbons (Fsp3) is 0.524. The van der Waals surface area contributed by atoms with Crippen LogP contribution in [-0.2, 0) is 35.2 Å². The van der Waals surface area contributed by atoms with Gasteiger partial charge in [-0.3, -0.25) is 29.0 Å². The monoisotopic (exact) mass is 555 g/mol. The summed E-state index contributed by atoms with van der Waals surface area (Å²) in [5.41, 5.74) is 16.4. The van der Waals surface area contributed by atoms with E-state index in [1.54, 1.807) is 0 Å². The fourth-order valence-electron chi connectivity index (χ4n) is 3.23. The minimum atomic E-state index is -1.53. The van der Waals surface area contributed by atoms with Gasteiger partial charge in [-0.2, -0.15) is 0 Å². The molecule has 1 rings (SSSR count). The number of nitrogens with two attached hydrogens (primary N) is 3. The summed E-state index contributed by atoms with van der Waals surface area (Å²) in [6.45, 7) is 0.116. The highest BCUT2D eigenvalue weighted by Gasteiger charge is 2.31. The Morgan fingerprint density at radius 3 is 2.05 bits per heavy atom. The van der Waals surface area contributed by atoms with Crippen LogP contribution >= 0.6 is 0 Å². The number of carboxylic acids is 3. The van der Waals surface area contributed by atoms with Crippen molar-refractivity contribution in [2.24, 2.45) is 22.2 Å². The minimum absolute atomic E-state index is 0.0403. The number of aromatic nitrogens is 2. The van der Waals surface area contributed by atoms with Crippen molar-refractivity contribution in [3.8, 4) is 0 Å². The number of amides is 3. The molecule has 216 valence electrons. The van der Waals surface area contributed by atoms with Crippen molar-refractivity contribution in [2.45, 2.75) is 62.7 Å². The highest BCUT2D eigenvalue weighted by Crippen LogP contribution is 2.06. The van der Waals surface area contributed by atoms with E-state index in [1.807, 2.05) is 0 Å². The number of aromatic amines is 1. The third-order valence-corrected chi connectivity index (χ3v) is 5.18. The maximum absolute atomic E-state index is 13.0. The second kappa shape index (κ2) is 16.2. The standard InChI is InChI=1S/C21H33N9O9/c22-11(7-16(33)34)17(35)28-12(3-4-15(31)32)18(36)30-14(6-10-8-25-9-27-10)19(37)29-13(20(38)39)2-1-5-26-21(23)24/h8-9,11-14H,1-7,22H2,(H,25,27)(H,28,35)(H,29,37)(H,30,36)(H,31,32)(H,33,34)(H,38,39)(H4,23,24,26). The van der Waals surface area contributed by atoms with Crippen molar-refractivity contribution < 1.29 is 44.1 Å². The summed E-state index contributed by atoms with van der Waals surface area (Å²) in [5.74, 6) is -7.07. The molecule has 0 aliphatic carbocycles. The molecule has 0 aliphatic rings. The molecule has 39 heavy (non-hydrogen) atoms. The second-order valence-corrected chi connectivity index (χ2v) is 8.39. The summed E-state index contributed by atoms with van der Waals surface area (Å²) < 4.78 is 0. The number of nitrogens with one attached hydrogen (secondary N) is 4. The Hall–Kier alpha value is -4.74. The number of guanidine groups is 1. The zero-order valence-corrected chi connectivity index (χ0v) is 20.8. The normalized spacial score (nSPS) is 13.7. The molecule has 0 saturated heterocycles. The lowest BCUT2D eigenvalue weighted by Crippen LogP contribution is -2.57. The predicted octanol–water partition coefficient (Wildman–Crippen LogP) is -3.79. The summed E-state index contributed by atoms with van der Waals surface area (Å²) in [4.78, 5) is 82.3. The van der Waals surface area contributed by atoms with E-state index in [4.69, 9.17) is 27.4 Å². The molecule has 0 radical (unpaired) electrons. The van der Waals surface area contributed by atoms with Crippen LogP contribution in [-0.4, -0.2) is 97.6 Å². The van der Waals surface area contributed by atoms with Crippen LogP contribution in [0, 0.1) is 0 Å². The highest BCUT2D eigenvalue weighted by atomic mass is 16.4. The molecule has 0 saturated carbocycles. The van der Waals surface area contributed by atoms with Crippen molar-refractivity contribution in [1.29, 1.82) is 0 Å². The first-order valence-corrected chi connectivity index (χ1v) is 11.7. The molecular weight excluding hydrogens is 522 g/mol. The Balaban J connectivity index is 3.07. The number of rotatable bonds is 18. The van der Waals surface area contributed by atoms with Gasteiger partial charge in [0.2, 0.25) is 17.7 Å². The van der Waals surface area contributed by atoms with Crippen LogP contribution in [0.25, 0.3) is 0 Å². The van der Waals surface area contributed by atoms with Crippen LogP contribution in [0.2, 0.25) is 0 Å². The largest absolute Gasteiger partial charge is 0.481 e. The quantitative estimate of drug-likeness (QED) is 0.0472. The lowest BCUT2D eigenvalue weighted by Gasteiger charge is -2.24. The molecule has 0 fully saturated rings.